The number of esters is 1. The molecule has 2 aromatic heterocycles. The summed E-state index contributed by atoms with van der Waals surface area (Å²) in [6.07, 6.45) is 0. The molecule has 1 atom stereocenters. The summed E-state index contributed by atoms with van der Waals surface area (Å²) in [5.41, 5.74) is -0.0372. The lowest BCUT2D eigenvalue weighted by molar-refractivity contribution is 0.0554. The second-order valence-corrected chi connectivity index (χ2v) is 4.50. The van der Waals surface area contributed by atoms with Gasteiger partial charge in [0.2, 0.25) is 5.76 Å². The number of ether oxygens (including phenoxy) is 2. The number of aromatic nitrogens is 1. The maximum absolute atomic E-state index is 12.2. The molecule has 2 heterocycles. The van der Waals surface area contributed by atoms with Crippen molar-refractivity contribution >= 4 is 11.9 Å². The zero-order valence-corrected chi connectivity index (χ0v) is 12.4. The van der Waals surface area contributed by atoms with Gasteiger partial charge in [-0.25, -0.2) is 4.79 Å². The molecule has 0 radical (unpaired) electrons. The fraction of sp³-hybridized carbons (Fsp3) is 0.357. The average Bonchev–Trinajstić information content (AvgIpc) is 3.15. The summed E-state index contributed by atoms with van der Waals surface area (Å²) < 4.78 is 19.8. The van der Waals surface area contributed by atoms with E-state index in [1.807, 2.05) is 0 Å². The first-order chi connectivity index (χ1) is 10.5. The van der Waals surface area contributed by atoms with E-state index in [1.54, 1.807) is 19.1 Å². The van der Waals surface area contributed by atoms with E-state index in [4.69, 9.17) is 13.7 Å². The van der Waals surface area contributed by atoms with Crippen LogP contribution in [0.25, 0.3) is 0 Å². The Morgan fingerprint density at radius 2 is 2.14 bits per heavy atom. The van der Waals surface area contributed by atoms with E-state index in [0.717, 1.165) is 5.76 Å². The van der Waals surface area contributed by atoms with Crippen LogP contribution in [-0.2, 0) is 9.47 Å². The molecular weight excluding hydrogens is 292 g/mol. The number of hydrogen-bond acceptors (Lipinski definition) is 7. The molecule has 1 N–H and O–H groups in total. The highest BCUT2D eigenvalue weighted by molar-refractivity contribution is 5.95. The lowest BCUT2D eigenvalue weighted by atomic mass is 10.2. The van der Waals surface area contributed by atoms with Crippen molar-refractivity contribution in [1.82, 2.24) is 10.5 Å². The van der Waals surface area contributed by atoms with Gasteiger partial charge in [-0.15, -0.1) is 0 Å². The van der Waals surface area contributed by atoms with Crippen molar-refractivity contribution in [3.05, 3.63) is 41.2 Å². The number of hydrogen-bond donors (Lipinski definition) is 1. The lowest BCUT2D eigenvalue weighted by Crippen LogP contribution is -2.31. The summed E-state index contributed by atoms with van der Waals surface area (Å²) in [5.74, 6) is -0.0920. The molecule has 2 rings (SSSR count). The van der Waals surface area contributed by atoms with E-state index in [1.165, 1.54) is 20.3 Å². The zero-order valence-electron chi connectivity index (χ0n) is 12.4. The predicted molar refractivity (Wildman–Crippen MR) is 73.4 cm³/mol. The van der Waals surface area contributed by atoms with Gasteiger partial charge in [-0.1, -0.05) is 5.16 Å². The molecule has 0 fully saturated rings. The van der Waals surface area contributed by atoms with Crippen LogP contribution in [0.1, 0.15) is 38.6 Å². The van der Waals surface area contributed by atoms with E-state index >= 15 is 0 Å². The van der Waals surface area contributed by atoms with Crippen LogP contribution >= 0.6 is 0 Å². The molecule has 0 saturated carbocycles. The number of amides is 1. The molecule has 1 amide bonds. The molecular formula is C14H16N2O6. The number of nitrogens with zero attached hydrogens (tertiary/aromatic N) is 1. The number of furan rings is 1. The van der Waals surface area contributed by atoms with Gasteiger partial charge in [0.25, 0.3) is 5.91 Å². The van der Waals surface area contributed by atoms with E-state index in [2.05, 4.69) is 15.2 Å². The van der Waals surface area contributed by atoms with Crippen LogP contribution in [-0.4, -0.2) is 37.9 Å². The number of rotatable bonds is 6. The SMILES string of the molecule is COC[C@@H](NC(=O)c1cc(C(=O)OC)on1)c1ccc(C)o1. The van der Waals surface area contributed by atoms with Crippen molar-refractivity contribution in [3.63, 3.8) is 0 Å². The maximum Gasteiger partial charge on any atom is 0.376 e. The van der Waals surface area contributed by atoms with E-state index in [9.17, 15) is 9.59 Å². The van der Waals surface area contributed by atoms with E-state index in [-0.39, 0.29) is 18.1 Å². The highest BCUT2D eigenvalue weighted by Gasteiger charge is 2.22. The van der Waals surface area contributed by atoms with Crippen LogP contribution in [0.5, 0.6) is 0 Å². The van der Waals surface area contributed by atoms with E-state index < -0.39 is 17.9 Å². The standard InChI is InChI=1S/C14H16N2O6/c1-8-4-5-11(21-8)10(7-19-2)15-13(17)9-6-12(22-16-9)14(18)20-3/h4-6,10H,7H2,1-3H3,(H,15,17)/t10-/m1/s1. The molecule has 2 aromatic rings. The molecule has 0 bridgehead atoms. The zero-order chi connectivity index (χ0) is 16.1. The molecule has 0 aromatic carbocycles. The molecule has 0 aliphatic carbocycles. The molecule has 0 aliphatic rings. The number of nitrogens with one attached hydrogen (secondary N) is 1. The first-order valence-corrected chi connectivity index (χ1v) is 6.46. The van der Waals surface area contributed by atoms with Crippen LogP contribution < -0.4 is 5.32 Å². The van der Waals surface area contributed by atoms with Gasteiger partial charge >= 0.3 is 5.97 Å². The van der Waals surface area contributed by atoms with Gasteiger partial charge in [0.05, 0.1) is 13.7 Å². The molecule has 0 aliphatic heterocycles. The molecule has 8 heteroatoms. The Morgan fingerprint density at radius 3 is 2.73 bits per heavy atom. The van der Waals surface area contributed by atoms with Crippen LogP contribution in [0.2, 0.25) is 0 Å². The molecule has 22 heavy (non-hydrogen) atoms. The largest absolute Gasteiger partial charge is 0.464 e. The predicted octanol–water partition coefficient (Wildman–Crippen LogP) is 1.48. The smallest absolute Gasteiger partial charge is 0.376 e. The van der Waals surface area contributed by atoms with Crippen molar-refractivity contribution in [1.29, 1.82) is 0 Å². The van der Waals surface area contributed by atoms with Gasteiger partial charge in [-0.05, 0) is 19.1 Å². The summed E-state index contributed by atoms with van der Waals surface area (Å²) in [6, 6.07) is 4.26. The first-order valence-electron chi connectivity index (χ1n) is 6.46. The third kappa shape index (κ3) is 3.53. The number of carbonyl (C=O) groups excluding carboxylic acids is 2. The summed E-state index contributed by atoms with van der Waals surface area (Å²) in [4.78, 5) is 23.4. The highest BCUT2D eigenvalue weighted by Crippen LogP contribution is 2.17. The Bertz CT molecular complexity index is 660. The Labute approximate surface area is 126 Å². The number of methoxy groups -OCH3 is 2. The van der Waals surface area contributed by atoms with Gasteiger partial charge in [0.1, 0.15) is 17.6 Å². The van der Waals surface area contributed by atoms with Crippen molar-refractivity contribution in [2.45, 2.75) is 13.0 Å². The minimum absolute atomic E-state index is 0.0372. The van der Waals surface area contributed by atoms with Crippen LogP contribution in [0.3, 0.4) is 0 Å². The van der Waals surface area contributed by atoms with E-state index in [0.29, 0.717) is 5.76 Å². The minimum Gasteiger partial charge on any atom is -0.464 e. The molecule has 8 nitrogen and oxygen atoms in total. The second-order valence-electron chi connectivity index (χ2n) is 4.50. The van der Waals surface area contributed by atoms with Crippen molar-refractivity contribution < 1.29 is 28.0 Å². The molecule has 118 valence electrons. The van der Waals surface area contributed by atoms with Crippen molar-refractivity contribution in [2.75, 3.05) is 20.8 Å². The fourth-order valence-electron chi connectivity index (χ4n) is 1.81. The van der Waals surface area contributed by atoms with Crippen molar-refractivity contribution in [2.24, 2.45) is 0 Å². The van der Waals surface area contributed by atoms with Gasteiger partial charge in [-0.3, -0.25) is 4.79 Å². The Balaban J connectivity index is 2.11. The van der Waals surface area contributed by atoms with Crippen LogP contribution in [0.15, 0.2) is 27.1 Å². The van der Waals surface area contributed by atoms with Gasteiger partial charge in [-0.2, -0.15) is 0 Å². The lowest BCUT2D eigenvalue weighted by Gasteiger charge is -2.14. The van der Waals surface area contributed by atoms with Crippen LogP contribution in [0, 0.1) is 6.92 Å². The third-order valence-corrected chi connectivity index (χ3v) is 2.87. The Hall–Kier alpha value is -2.61. The third-order valence-electron chi connectivity index (χ3n) is 2.87. The number of aryl methyl sites for hydroxylation is 1. The quantitative estimate of drug-likeness (QED) is 0.806. The summed E-state index contributed by atoms with van der Waals surface area (Å²) in [5, 5.41) is 6.24. The summed E-state index contributed by atoms with van der Waals surface area (Å²) >= 11 is 0. The highest BCUT2D eigenvalue weighted by atomic mass is 16.5. The minimum atomic E-state index is -0.707. The van der Waals surface area contributed by atoms with Crippen molar-refractivity contribution in [3.8, 4) is 0 Å². The van der Waals surface area contributed by atoms with Gasteiger partial charge in [0, 0.05) is 13.2 Å². The second kappa shape index (κ2) is 6.90. The first kappa shape index (κ1) is 15.8. The maximum atomic E-state index is 12.2. The normalized spacial score (nSPS) is 12.0. The summed E-state index contributed by atoms with van der Waals surface area (Å²) in [6.45, 7) is 2.02. The topological polar surface area (TPSA) is 104 Å². The summed E-state index contributed by atoms with van der Waals surface area (Å²) in [7, 11) is 2.72. The number of carbonyl (C=O) groups is 2. The Morgan fingerprint density at radius 1 is 1.36 bits per heavy atom. The van der Waals surface area contributed by atoms with Gasteiger partial charge < -0.3 is 23.7 Å². The molecule has 0 spiro atoms. The van der Waals surface area contributed by atoms with Gasteiger partial charge in [0.15, 0.2) is 5.69 Å². The Kier molecular flexibility index (Phi) is 4.95. The molecule has 0 unspecified atom stereocenters. The average molecular weight is 308 g/mol. The molecule has 0 saturated heterocycles. The monoisotopic (exact) mass is 308 g/mol. The fourth-order valence-corrected chi connectivity index (χ4v) is 1.81. The van der Waals surface area contributed by atoms with Crippen LogP contribution in [0.4, 0.5) is 0 Å².